The van der Waals surface area contributed by atoms with Crippen molar-refractivity contribution in [3.05, 3.63) is 23.8 Å². The summed E-state index contributed by atoms with van der Waals surface area (Å²) in [7, 11) is 0. The van der Waals surface area contributed by atoms with Crippen LogP contribution in [0.4, 0.5) is 17.6 Å². The van der Waals surface area contributed by atoms with Crippen molar-refractivity contribution in [2.75, 3.05) is 13.2 Å². The van der Waals surface area contributed by atoms with Crippen LogP contribution in [0.2, 0.25) is 0 Å². The number of rotatable bonds is 9. The van der Waals surface area contributed by atoms with E-state index < -0.39 is 13.2 Å². The van der Waals surface area contributed by atoms with Gasteiger partial charge in [0.2, 0.25) is 0 Å². The lowest BCUT2D eigenvalue weighted by atomic mass is 10.2. The van der Waals surface area contributed by atoms with E-state index in [0.717, 1.165) is 6.07 Å². The molecule has 2 N–H and O–H groups in total. The summed E-state index contributed by atoms with van der Waals surface area (Å²) in [5, 5.41) is 11.5. The Balaban J connectivity index is 2.75. The SMILES string of the molecule is OCCCNCc1ccc(OC(F)F)cc1OC(F)F. The molecule has 0 fully saturated rings. The summed E-state index contributed by atoms with van der Waals surface area (Å²) in [5.74, 6) is -0.482. The Labute approximate surface area is 113 Å². The van der Waals surface area contributed by atoms with Crippen molar-refractivity contribution in [1.29, 1.82) is 0 Å². The average Bonchev–Trinajstić information content (AvgIpc) is 2.35. The molecule has 0 saturated heterocycles. The predicted octanol–water partition coefficient (Wildman–Crippen LogP) is 2.36. The van der Waals surface area contributed by atoms with E-state index in [9.17, 15) is 17.6 Å². The quantitative estimate of drug-likeness (QED) is 0.543. The predicted molar refractivity (Wildman–Crippen MR) is 63.1 cm³/mol. The number of hydrogen-bond acceptors (Lipinski definition) is 4. The number of aliphatic hydroxyl groups excluding tert-OH is 1. The second-order valence-corrected chi connectivity index (χ2v) is 3.78. The van der Waals surface area contributed by atoms with Crippen LogP contribution in [0.5, 0.6) is 11.5 Å². The van der Waals surface area contributed by atoms with E-state index in [4.69, 9.17) is 5.11 Å². The normalized spacial score (nSPS) is 11.2. The molecule has 0 aromatic heterocycles. The Kier molecular flexibility index (Phi) is 7.10. The summed E-state index contributed by atoms with van der Waals surface area (Å²) in [6.45, 7) is -5.40. The number of nitrogens with one attached hydrogen (secondary N) is 1. The maximum absolute atomic E-state index is 12.3. The van der Waals surface area contributed by atoms with Gasteiger partial charge in [-0.05, 0) is 19.0 Å². The minimum absolute atomic E-state index is 0.00849. The van der Waals surface area contributed by atoms with Crippen molar-refractivity contribution >= 4 is 0 Å². The molecule has 0 aliphatic heterocycles. The van der Waals surface area contributed by atoms with Crippen LogP contribution in [0.25, 0.3) is 0 Å². The monoisotopic (exact) mass is 297 g/mol. The molecule has 114 valence electrons. The number of alkyl halides is 4. The molecule has 1 aromatic carbocycles. The van der Waals surface area contributed by atoms with Crippen molar-refractivity contribution in [1.82, 2.24) is 5.32 Å². The minimum Gasteiger partial charge on any atom is -0.435 e. The molecule has 0 heterocycles. The first kappa shape index (κ1) is 16.5. The van der Waals surface area contributed by atoms with Crippen molar-refractivity contribution in [2.45, 2.75) is 26.2 Å². The lowest BCUT2D eigenvalue weighted by Crippen LogP contribution is -2.17. The highest BCUT2D eigenvalue weighted by Gasteiger charge is 2.13. The van der Waals surface area contributed by atoms with Gasteiger partial charge in [-0.3, -0.25) is 0 Å². The zero-order valence-electron chi connectivity index (χ0n) is 10.5. The number of aliphatic hydroxyl groups is 1. The summed E-state index contributed by atoms with van der Waals surface area (Å²) in [5.41, 5.74) is 0.379. The van der Waals surface area contributed by atoms with Crippen LogP contribution in [0.1, 0.15) is 12.0 Å². The van der Waals surface area contributed by atoms with Gasteiger partial charge in [0.15, 0.2) is 0 Å². The Morgan fingerprint density at radius 3 is 2.40 bits per heavy atom. The fourth-order valence-electron chi connectivity index (χ4n) is 1.49. The van der Waals surface area contributed by atoms with E-state index in [1.807, 2.05) is 0 Å². The number of hydrogen-bond donors (Lipinski definition) is 2. The maximum atomic E-state index is 12.3. The van der Waals surface area contributed by atoms with Crippen molar-refractivity contribution in [2.24, 2.45) is 0 Å². The van der Waals surface area contributed by atoms with Gasteiger partial charge in [0.05, 0.1) is 0 Å². The van der Waals surface area contributed by atoms with Crippen LogP contribution in [0.3, 0.4) is 0 Å². The molecular formula is C12H15F4NO3. The largest absolute Gasteiger partial charge is 0.435 e. The molecule has 1 aromatic rings. The molecule has 0 unspecified atom stereocenters. The van der Waals surface area contributed by atoms with Gasteiger partial charge in [0.25, 0.3) is 0 Å². The molecule has 1 rings (SSSR count). The highest BCUT2D eigenvalue weighted by atomic mass is 19.3. The van der Waals surface area contributed by atoms with Gasteiger partial charge in [0, 0.05) is 24.8 Å². The van der Waals surface area contributed by atoms with Crippen LogP contribution >= 0.6 is 0 Å². The van der Waals surface area contributed by atoms with E-state index in [1.54, 1.807) is 0 Å². The summed E-state index contributed by atoms with van der Waals surface area (Å²) < 4.78 is 57.1. The summed E-state index contributed by atoms with van der Waals surface area (Å²) in [6.07, 6.45) is 0.512. The molecule has 0 amide bonds. The molecule has 0 saturated carbocycles. The fourth-order valence-corrected chi connectivity index (χ4v) is 1.49. The van der Waals surface area contributed by atoms with Crippen LogP contribution < -0.4 is 14.8 Å². The van der Waals surface area contributed by atoms with Crippen LogP contribution in [-0.4, -0.2) is 31.5 Å². The topological polar surface area (TPSA) is 50.7 Å². The fraction of sp³-hybridized carbons (Fsp3) is 0.500. The number of ether oxygens (including phenoxy) is 2. The summed E-state index contributed by atoms with van der Waals surface area (Å²) in [6, 6.07) is 3.59. The van der Waals surface area contributed by atoms with Gasteiger partial charge in [-0.25, -0.2) is 0 Å². The van der Waals surface area contributed by atoms with Crippen LogP contribution in [-0.2, 0) is 6.54 Å². The smallest absolute Gasteiger partial charge is 0.387 e. The Bertz CT molecular complexity index is 404. The third-order valence-electron chi connectivity index (χ3n) is 2.31. The average molecular weight is 297 g/mol. The van der Waals surface area contributed by atoms with Crippen molar-refractivity contribution in [3.8, 4) is 11.5 Å². The summed E-state index contributed by atoms with van der Waals surface area (Å²) in [4.78, 5) is 0. The zero-order chi connectivity index (χ0) is 15.0. The molecule has 0 spiro atoms. The second-order valence-electron chi connectivity index (χ2n) is 3.78. The van der Waals surface area contributed by atoms with Crippen molar-refractivity contribution < 1.29 is 32.1 Å². The van der Waals surface area contributed by atoms with Gasteiger partial charge in [-0.1, -0.05) is 6.07 Å². The molecule has 8 heteroatoms. The maximum Gasteiger partial charge on any atom is 0.387 e. The second kappa shape index (κ2) is 8.60. The Morgan fingerprint density at radius 1 is 1.10 bits per heavy atom. The number of benzene rings is 1. The van der Waals surface area contributed by atoms with Gasteiger partial charge in [0.1, 0.15) is 11.5 Å². The molecule has 4 nitrogen and oxygen atoms in total. The third-order valence-corrected chi connectivity index (χ3v) is 2.31. The first-order chi connectivity index (χ1) is 9.52. The number of halogens is 4. The first-order valence-corrected chi connectivity index (χ1v) is 5.87. The minimum atomic E-state index is -3.06. The van der Waals surface area contributed by atoms with E-state index in [1.165, 1.54) is 12.1 Å². The van der Waals surface area contributed by atoms with E-state index >= 15 is 0 Å². The summed E-state index contributed by atoms with van der Waals surface area (Å²) >= 11 is 0. The first-order valence-electron chi connectivity index (χ1n) is 5.87. The lowest BCUT2D eigenvalue weighted by molar-refractivity contribution is -0.0546. The van der Waals surface area contributed by atoms with Gasteiger partial charge in [-0.2, -0.15) is 17.6 Å². The van der Waals surface area contributed by atoms with Gasteiger partial charge in [-0.15, -0.1) is 0 Å². The molecule has 0 aliphatic rings. The molecule has 0 radical (unpaired) electrons. The molecule has 20 heavy (non-hydrogen) atoms. The molecular weight excluding hydrogens is 282 g/mol. The third kappa shape index (κ3) is 6.07. The van der Waals surface area contributed by atoms with Crippen LogP contribution in [0, 0.1) is 0 Å². The zero-order valence-corrected chi connectivity index (χ0v) is 10.5. The van der Waals surface area contributed by atoms with Crippen LogP contribution in [0.15, 0.2) is 18.2 Å². The van der Waals surface area contributed by atoms with E-state index in [2.05, 4.69) is 14.8 Å². The Morgan fingerprint density at radius 2 is 1.80 bits per heavy atom. The van der Waals surface area contributed by atoms with Crippen molar-refractivity contribution in [3.63, 3.8) is 0 Å². The highest BCUT2D eigenvalue weighted by Crippen LogP contribution is 2.27. The van der Waals surface area contributed by atoms with E-state index in [0.29, 0.717) is 18.5 Å². The molecule has 0 bridgehead atoms. The standard InChI is InChI=1S/C12H15F4NO3/c13-11(14)19-9-3-2-8(7-17-4-1-5-18)10(6-9)20-12(15)16/h2-3,6,11-12,17-18H,1,4-5,7H2. The highest BCUT2D eigenvalue weighted by molar-refractivity contribution is 5.40. The van der Waals surface area contributed by atoms with E-state index in [-0.39, 0.29) is 24.7 Å². The Hall–Kier alpha value is -1.54. The lowest BCUT2D eigenvalue weighted by Gasteiger charge is -2.13. The molecule has 0 atom stereocenters. The van der Waals surface area contributed by atoms with Gasteiger partial charge >= 0.3 is 13.2 Å². The molecule has 0 aliphatic carbocycles. The van der Waals surface area contributed by atoms with Gasteiger partial charge < -0.3 is 19.9 Å².